The summed E-state index contributed by atoms with van der Waals surface area (Å²) < 4.78 is 22.8. The average molecular weight is 549 g/mol. The highest BCUT2D eigenvalue weighted by Gasteiger charge is 2.41. The molecule has 40 heavy (non-hydrogen) atoms. The van der Waals surface area contributed by atoms with Crippen LogP contribution in [-0.4, -0.2) is 64.7 Å². The summed E-state index contributed by atoms with van der Waals surface area (Å²) in [7, 11) is 3.96. The maximum Gasteiger partial charge on any atom is 0.407 e. The lowest BCUT2D eigenvalue weighted by molar-refractivity contribution is -0.136. The van der Waals surface area contributed by atoms with Gasteiger partial charge in [0.2, 0.25) is 11.8 Å². The van der Waals surface area contributed by atoms with E-state index in [1.54, 1.807) is 6.07 Å². The van der Waals surface area contributed by atoms with E-state index in [4.69, 9.17) is 4.74 Å². The van der Waals surface area contributed by atoms with Gasteiger partial charge in [0.25, 0.3) is 5.91 Å². The largest absolute Gasteiger partial charge is 0.446 e. The van der Waals surface area contributed by atoms with Crippen molar-refractivity contribution in [2.75, 3.05) is 19.0 Å². The number of carbonyl (C=O) groups excluding carboxylic acids is 4. The molecule has 1 aliphatic carbocycles. The molecule has 3 heterocycles. The van der Waals surface area contributed by atoms with Gasteiger partial charge in [-0.1, -0.05) is 12.1 Å². The van der Waals surface area contributed by atoms with Gasteiger partial charge in [0, 0.05) is 63.1 Å². The average Bonchev–Trinajstić information content (AvgIpc) is 3.46. The monoisotopic (exact) mass is 548 g/mol. The Bertz CT molecular complexity index is 1550. The summed E-state index contributed by atoms with van der Waals surface area (Å²) in [6, 6.07) is 8.58. The molecule has 1 unspecified atom stereocenters. The van der Waals surface area contributed by atoms with Gasteiger partial charge in [0.15, 0.2) is 0 Å². The van der Waals surface area contributed by atoms with Crippen LogP contribution in [0.4, 0.5) is 14.9 Å². The Morgan fingerprint density at radius 3 is 2.75 bits per heavy atom. The molecule has 11 nitrogen and oxygen atoms in total. The van der Waals surface area contributed by atoms with Gasteiger partial charge >= 0.3 is 6.09 Å². The van der Waals surface area contributed by atoms with Gasteiger partial charge < -0.3 is 19.9 Å². The number of halogens is 1. The van der Waals surface area contributed by atoms with Crippen molar-refractivity contribution in [2.45, 2.75) is 57.0 Å². The van der Waals surface area contributed by atoms with Crippen LogP contribution >= 0.6 is 0 Å². The molecular weight excluding hydrogens is 519 g/mol. The van der Waals surface area contributed by atoms with Crippen molar-refractivity contribution in [3.05, 3.63) is 59.0 Å². The molecule has 3 aliphatic rings. The Kier molecular flexibility index (Phi) is 6.40. The maximum absolute atomic E-state index is 15.3. The molecule has 2 N–H and O–H groups in total. The van der Waals surface area contributed by atoms with Gasteiger partial charge in [-0.3, -0.25) is 24.4 Å². The van der Waals surface area contributed by atoms with Crippen molar-refractivity contribution in [2.24, 2.45) is 0 Å². The second kappa shape index (κ2) is 9.92. The van der Waals surface area contributed by atoms with Crippen molar-refractivity contribution in [1.82, 2.24) is 25.3 Å². The fraction of sp³-hybridized carbons (Fsp3) is 0.393. The van der Waals surface area contributed by atoms with Gasteiger partial charge in [0.1, 0.15) is 18.0 Å². The minimum atomic E-state index is -0.824. The number of amides is 4. The molecule has 0 spiro atoms. The maximum atomic E-state index is 15.3. The summed E-state index contributed by atoms with van der Waals surface area (Å²) >= 11 is 0. The van der Waals surface area contributed by atoms with Gasteiger partial charge in [-0.15, -0.1) is 0 Å². The van der Waals surface area contributed by atoms with Crippen LogP contribution < -0.4 is 15.5 Å². The number of ether oxygens (including phenoxy) is 1. The van der Waals surface area contributed by atoms with Crippen LogP contribution in [0.25, 0.3) is 10.9 Å². The summed E-state index contributed by atoms with van der Waals surface area (Å²) in [4.78, 5) is 52.4. The summed E-state index contributed by atoms with van der Waals surface area (Å²) in [5.74, 6) is -2.28. The molecule has 1 atom stereocenters. The van der Waals surface area contributed by atoms with Crippen LogP contribution in [0.15, 0.2) is 36.5 Å². The number of nitrogens with zero attached hydrogens (tertiary/aromatic N) is 4. The number of hydrogen-bond acceptors (Lipinski definition) is 7. The first-order valence-electron chi connectivity index (χ1n) is 13.2. The van der Waals surface area contributed by atoms with Crippen LogP contribution in [0.3, 0.4) is 0 Å². The zero-order valence-electron chi connectivity index (χ0n) is 22.1. The lowest BCUT2D eigenvalue weighted by atomic mass is 9.89. The number of imide groups is 1. The highest BCUT2D eigenvalue weighted by Crippen LogP contribution is 2.37. The Labute approximate surface area is 229 Å². The van der Waals surface area contributed by atoms with Gasteiger partial charge in [0.05, 0.1) is 23.3 Å². The van der Waals surface area contributed by atoms with E-state index in [0.29, 0.717) is 18.4 Å². The number of benzene rings is 2. The predicted molar refractivity (Wildman–Crippen MR) is 142 cm³/mol. The first-order valence-corrected chi connectivity index (χ1v) is 13.2. The number of hydrogen-bond donors (Lipinski definition) is 2. The molecule has 1 aromatic heterocycles. The van der Waals surface area contributed by atoms with E-state index in [9.17, 15) is 19.2 Å². The van der Waals surface area contributed by atoms with E-state index >= 15 is 4.39 Å². The van der Waals surface area contributed by atoms with E-state index in [1.165, 1.54) is 11.0 Å². The smallest absolute Gasteiger partial charge is 0.407 e. The molecule has 208 valence electrons. The number of aromatic nitrogens is 2. The van der Waals surface area contributed by atoms with Crippen molar-refractivity contribution in [3.8, 4) is 0 Å². The van der Waals surface area contributed by atoms with E-state index in [2.05, 4.69) is 21.8 Å². The minimum Gasteiger partial charge on any atom is -0.446 e. The second-order valence-electron chi connectivity index (χ2n) is 10.7. The molecule has 1 saturated carbocycles. The fourth-order valence-electron chi connectivity index (χ4n) is 5.58. The van der Waals surface area contributed by atoms with Crippen LogP contribution in [0.5, 0.6) is 0 Å². The Hall–Kier alpha value is -4.48. The normalized spacial score (nSPS) is 22.1. The topological polar surface area (TPSA) is 126 Å². The summed E-state index contributed by atoms with van der Waals surface area (Å²) in [6.45, 7) is -0.0745. The summed E-state index contributed by atoms with van der Waals surface area (Å²) in [5.41, 5.74) is 2.59. The van der Waals surface area contributed by atoms with E-state index in [-0.39, 0.29) is 55.1 Å². The molecular formula is C28H29FN6O5. The minimum absolute atomic E-state index is 0.0813. The first-order chi connectivity index (χ1) is 19.2. The molecule has 2 fully saturated rings. The zero-order valence-corrected chi connectivity index (χ0v) is 22.1. The molecule has 6 rings (SSSR count). The molecule has 2 aromatic carbocycles. The molecule has 0 bridgehead atoms. The molecule has 0 radical (unpaired) electrons. The Morgan fingerprint density at radius 1 is 1.20 bits per heavy atom. The Balaban J connectivity index is 1.04. The number of fused-ring (bicyclic) bond motifs is 2. The van der Waals surface area contributed by atoms with Crippen molar-refractivity contribution in [1.29, 1.82) is 0 Å². The number of piperidine rings is 1. The number of carbonyl (C=O) groups is 4. The quantitative estimate of drug-likeness (QED) is 0.454. The number of alkyl carbamates (subject to hydrolysis) is 1. The van der Waals surface area contributed by atoms with Gasteiger partial charge in [-0.2, -0.15) is 5.10 Å². The third-order valence-electron chi connectivity index (χ3n) is 7.92. The highest BCUT2D eigenvalue weighted by atomic mass is 19.1. The molecule has 1 saturated heterocycles. The van der Waals surface area contributed by atoms with Crippen LogP contribution in [0, 0.1) is 5.82 Å². The SMILES string of the molecule is CN(C)c1ccc2cnn(C3CC(OC(=O)NCc4ccc5c(c4F)C(=O)N(C4CCC(=O)NC4=O)C5)C3)c2c1. The Morgan fingerprint density at radius 2 is 2.00 bits per heavy atom. The molecule has 4 amide bonds. The van der Waals surface area contributed by atoms with Gasteiger partial charge in [-0.05, 0) is 30.2 Å². The summed E-state index contributed by atoms with van der Waals surface area (Å²) in [6.07, 6.45) is 2.43. The van der Waals surface area contributed by atoms with E-state index in [0.717, 1.165) is 16.6 Å². The number of nitrogens with one attached hydrogen (secondary N) is 2. The number of anilines is 1. The third-order valence-corrected chi connectivity index (χ3v) is 7.92. The fourth-order valence-corrected chi connectivity index (χ4v) is 5.58. The van der Waals surface area contributed by atoms with E-state index in [1.807, 2.05) is 42.0 Å². The standard InChI is InChI=1S/C28H29FN6O5/c1-33(2)18-6-5-15-13-31-35(22(15)11-18)19-9-20(10-19)40-28(39)30-12-16-3-4-17-14-34(27(38)24(17)25(16)29)21-7-8-23(36)32-26(21)37/h3-6,11,13,19-21H,7-10,12,14H2,1-2H3,(H,30,39)(H,32,36,37). The first kappa shape index (κ1) is 25.8. The second-order valence-corrected chi connectivity index (χ2v) is 10.7. The third kappa shape index (κ3) is 4.52. The highest BCUT2D eigenvalue weighted by molar-refractivity contribution is 6.05. The lowest BCUT2D eigenvalue weighted by Gasteiger charge is -2.35. The van der Waals surface area contributed by atoms with Crippen LogP contribution in [0.1, 0.15) is 53.2 Å². The summed E-state index contributed by atoms with van der Waals surface area (Å²) in [5, 5.41) is 10.4. The van der Waals surface area contributed by atoms with Crippen LogP contribution in [0.2, 0.25) is 0 Å². The molecule has 12 heteroatoms. The molecule has 3 aromatic rings. The van der Waals surface area contributed by atoms with Gasteiger partial charge in [-0.25, -0.2) is 9.18 Å². The van der Waals surface area contributed by atoms with Crippen molar-refractivity contribution >= 4 is 40.4 Å². The number of rotatable bonds is 6. The lowest BCUT2D eigenvalue weighted by Crippen LogP contribution is -2.52. The van der Waals surface area contributed by atoms with Crippen LogP contribution in [-0.2, 0) is 27.4 Å². The van der Waals surface area contributed by atoms with E-state index < -0.39 is 29.8 Å². The predicted octanol–water partition coefficient (Wildman–Crippen LogP) is 2.63. The van der Waals surface area contributed by atoms with Crippen molar-refractivity contribution in [3.63, 3.8) is 0 Å². The van der Waals surface area contributed by atoms with Crippen molar-refractivity contribution < 1.29 is 28.3 Å². The zero-order chi connectivity index (χ0) is 28.1. The molecule has 2 aliphatic heterocycles.